The molecule has 0 saturated carbocycles. The van der Waals surface area contributed by atoms with Crippen molar-refractivity contribution < 1.29 is 9.53 Å². The zero-order chi connectivity index (χ0) is 9.40. The number of thiophene rings is 1. The Morgan fingerprint density at radius 2 is 2.25 bits per heavy atom. The van der Waals surface area contributed by atoms with E-state index in [1.54, 1.807) is 13.0 Å². The van der Waals surface area contributed by atoms with E-state index in [2.05, 4.69) is 0 Å². The fraction of sp³-hybridized carbons (Fsp3) is 0.444. The van der Waals surface area contributed by atoms with Crippen LogP contribution in [0.2, 0.25) is 0 Å². The number of hydrogen-bond donors (Lipinski definition) is 0. The van der Waals surface area contributed by atoms with Gasteiger partial charge >= 0.3 is 5.97 Å². The van der Waals surface area contributed by atoms with Crippen LogP contribution in [0.4, 0.5) is 0 Å². The zero-order valence-electron chi connectivity index (χ0n) is 7.66. The fourth-order valence-electron chi connectivity index (χ4n) is 0.597. The minimum atomic E-state index is -0.225. The van der Waals surface area contributed by atoms with Crippen LogP contribution in [0.25, 0.3) is 0 Å². The molecule has 0 radical (unpaired) electrons. The van der Waals surface area contributed by atoms with E-state index >= 15 is 0 Å². The summed E-state index contributed by atoms with van der Waals surface area (Å²) in [6.45, 7) is 6.24. The molecule has 0 spiro atoms. The summed E-state index contributed by atoms with van der Waals surface area (Å²) in [7, 11) is 0. The average Bonchev–Trinajstić information content (AvgIpc) is 2.60. The molecule has 0 amide bonds. The van der Waals surface area contributed by atoms with Crippen molar-refractivity contribution in [1.29, 1.82) is 0 Å². The van der Waals surface area contributed by atoms with Gasteiger partial charge in [0.1, 0.15) is 4.88 Å². The van der Waals surface area contributed by atoms with Gasteiger partial charge < -0.3 is 4.74 Å². The van der Waals surface area contributed by atoms with Gasteiger partial charge in [0.25, 0.3) is 0 Å². The number of esters is 1. The van der Waals surface area contributed by atoms with E-state index in [1.807, 2.05) is 25.3 Å². The van der Waals surface area contributed by atoms with Crippen LogP contribution in [-0.4, -0.2) is 12.6 Å². The van der Waals surface area contributed by atoms with E-state index in [4.69, 9.17) is 4.74 Å². The molecule has 1 aromatic heterocycles. The molecule has 0 saturated heterocycles. The molecule has 0 bridgehead atoms. The third kappa shape index (κ3) is 3.53. The summed E-state index contributed by atoms with van der Waals surface area (Å²) in [5.41, 5.74) is 0. The summed E-state index contributed by atoms with van der Waals surface area (Å²) >= 11 is 1.40. The van der Waals surface area contributed by atoms with E-state index in [9.17, 15) is 4.79 Å². The van der Waals surface area contributed by atoms with Gasteiger partial charge in [0, 0.05) is 0 Å². The summed E-state index contributed by atoms with van der Waals surface area (Å²) < 4.78 is 4.76. The standard InChI is InChI=1S/C7H8O2S.C2H6/c1-2-9-7(8)6-4-3-5-10-6;1-2/h3-5H,2H2,1H3;1-2H3. The molecule has 0 unspecified atom stereocenters. The molecule has 0 aliphatic carbocycles. The summed E-state index contributed by atoms with van der Waals surface area (Å²) in [6, 6.07) is 3.58. The summed E-state index contributed by atoms with van der Waals surface area (Å²) in [4.78, 5) is 11.6. The first kappa shape index (κ1) is 11.2. The van der Waals surface area contributed by atoms with Crippen LogP contribution in [0.15, 0.2) is 17.5 Å². The molecular weight excluding hydrogens is 172 g/mol. The first-order valence-electron chi connectivity index (χ1n) is 4.05. The van der Waals surface area contributed by atoms with Crippen LogP contribution in [0.3, 0.4) is 0 Å². The van der Waals surface area contributed by atoms with Crippen molar-refractivity contribution in [2.45, 2.75) is 20.8 Å². The Labute approximate surface area is 77.2 Å². The highest BCUT2D eigenvalue weighted by Crippen LogP contribution is 2.09. The number of hydrogen-bond acceptors (Lipinski definition) is 3. The maximum atomic E-state index is 10.9. The van der Waals surface area contributed by atoms with Gasteiger partial charge in [-0.05, 0) is 18.4 Å². The Hall–Kier alpha value is -0.830. The predicted octanol–water partition coefficient (Wildman–Crippen LogP) is 2.95. The first-order valence-corrected chi connectivity index (χ1v) is 4.93. The van der Waals surface area contributed by atoms with Crippen molar-refractivity contribution in [3.63, 3.8) is 0 Å². The van der Waals surface area contributed by atoms with Gasteiger partial charge in [0.15, 0.2) is 0 Å². The molecular formula is C9H14O2S. The minimum Gasteiger partial charge on any atom is -0.462 e. The highest BCUT2D eigenvalue weighted by molar-refractivity contribution is 7.11. The smallest absolute Gasteiger partial charge is 0.348 e. The Bertz CT molecular complexity index is 204. The Kier molecular flexibility index (Phi) is 6.38. The molecule has 68 valence electrons. The topological polar surface area (TPSA) is 26.3 Å². The van der Waals surface area contributed by atoms with Crippen molar-refractivity contribution in [3.05, 3.63) is 22.4 Å². The van der Waals surface area contributed by atoms with E-state index in [0.29, 0.717) is 11.5 Å². The lowest BCUT2D eigenvalue weighted by Crippen LogP contribution is -2.01. The Morgan fingerprint density at radius 3 is 2.67 bits per heavy atom. The zero-order valence-corrected chi connectivity index (χ0v) is 8.48. The lowest BCUT2D eigenvalue weighted by atomic mass is 10.5. The lowest BCUT2D eigenvalue weighted by molar-refractivity contribution is 0.0532. The van der Waals surface area contributed by atoms with Crippen LogP contribution in [0.1, 0.15) is 30.4 Å². The van der Waals surface area contributed by atoms with Crippen LogP contribution in [0.5, 0.6) is 0 Å². The molecule has 3 heteroatoms. The van der Waals surface area contributed by atoms with Gasteiger partial charge in [-0.25, -0.2) is 4.79 Å². The van der Waals surface area contributed by atoms with Gasteiger partial charge in [0.05, 0.1) is 6.61 Å². The van der Waals surface area contributed by atoms with E-state index in [0.717, 1.165) is 0 Å². The Balaban J connectivity index is 0.000000561. The molecule has 1 heterocycles. The predicted molar refractivity (Wildman–Crippen MR) is 51.6 cm³/mol. The molecule has 0 aliphatic rings. The molecule has 2 nitrogen and oxygen atoms in total. The average molecular weight is 186 g/mol. The van der Waals surface area contributed by atoms with Crippen LogP contribution >= 0.6 is 11.3 Å². The third-order valence-electron chi connectivity index (χ3n) is 0.998. The molecule has 0 aliphatic heterocycles. The third-order valence-corrected chi connectivity index (χ3v) is 1.85. The molecule has 1 aromatic rings. The molecule has 0 N–H and O–H groups in total. The summed E-state index contributed by atoms with van der Waals surface area (Å²) in [5, 5.41) is 1.85. The molecule has 0 fully saturated rings. The van der Waals surface area contributed by atoms with Crippen LogP contribution in [0, 0.1) is 0 Å². The molecule has 0 aromatic carbocycles. The highest BCUT2D eigenvalue weighted by Gasteiger charge is 2.04. The Morgan fingerprint density at radius 1 is 1.58 bits per heavy atom. The van der Waals surface area contributed by atoms with Crippen molar-refractivity contribution in [1.82, 2.24) is 0 Å². The van der Waals surface area contributed by atoms with Crippen molar-refractivity contribution >= 4 is 17.3 Å². The summed E-state index contributed by atoms with van der Waals surface area (Å²) in [6.07, 6.45) is 0. The number of ether oxygens (including phenoxy) is 1. The molecule has 0 atom stereocenters. The number of carbonyl (C=O) groups excluding carboxylic acids is 1. The normalized spacial score (nSPS) is 8.25. The van der Waals surface area contributed by atoms with Gasteiger partial charge in [-0.2, -0.15) is 0 Å². The van der Waals surface area contributed by atoms with Crippen molar-refractivity contribution in [2.75, 3.05) is 6.61 Å². The maximum Gasteiger partial charge on any atom is 0.348 e. The van der Waals surface area contributed by atoms with E-state index < -0.39 is 0 Å². The fourth-order valence-corrected chi connectivity index (χ4v) is 1.21. The maximum absolute atomic E-state index is 10.9. The second-order valence-electron chi connectivity index (χ2n) is 1.70. The first-order chi connectivity index (χ1) is 5.84. The number of rotatable bonds is 2. The minimum absolute atomic E-state index is 0.225. The van der Waals surface area contributed by atoms with Crippen molar-refractivity contribution in [3.8, 4) is 0 Å². The lowest BCUT2D eigenvalue weighted by Gasteiger charge is -1.95. The molecule has 12 heavy (non-hydrogen) atoms. The molecule has 1 rings (SSSR count). The SMILES string of the molecule is CC.CCOC(=O)c1cccs1. The number of carbonyl (C=O) groups is 1. The highest BCUT2D eigenvalue weighted by atomic mass is 32.1. The quantitative estimate of drug-likeness (QED) is 0.664. The second kappa shape index (κ2) is 6.85. The van der Waals surface area contributed by atoms with E-state index in [1.165, 1.54) is 11.3 Å². The van der Waals surface area contributed by atoms with Gasteiger partial charge in [-0.15, -0.1) is 11.3 Å². The second-order valence-corrected chi connectivity index (χ2v) is 2.65. The van der Waals surface area contributed by atoms with E-state index in [-0.39, 0.29) is 5.97 Å². The van der Waals surface area contributed by atoms with Crippen molar-refractivity contribution in [2.24, 2.45) is 0 Å². The van der Waals surface area contributed by atoms with Gasteiger partial charge in [0.2, 0.25) is 0 Å². The summed E-state index contributed by atoms with van der Waals surface area (Å²) in [5.74, 6) is -0.225. The monoisotopic (exact) mass is 186 g/mol. The van der Waals surface area contributed by atoms with Gasteiger partial charge in [-0.1, -0.05) is 19.9 Å². The van der Waals surface area contributed by atoms with Crippen LogP contribution in [-0.2, 0) is 4.74 Å². The van der Waals surface area contributed by atoms with Crippen LogP contribution < -0.4 is 0 Å². The van der Waals surface area contributed by atoms with Gasteiger partial charge in [-0.3, -0.25) is 0 Å². The largest absolute Gasteiger partial charge is 0.462 e.